The average Bonchev–Trinajstić information content (AvgIpc) is 2.25. The van der Waals surface area contributed by atoms with Gasteiger partial charge in [-0.05, 0) is 18.3 Å². The van der Waals surface area contributed by atoms with Gasteiger partial charge in [-0.3, -0.25) is 4.55 Å². The summed E-state index contributed by atoms with van der Waals surface area (Å²) in [5.74, 6) is 0.726. The third kappa shape index (κ3) is 12.3. The Hall–Kier alpha value is -0.130. The lowest BCUT2D eigenvalue weighted by molar-refractivity contribution is 0.210. The smallest absolute Gasteiger partial charge is 0.264 e. The SMILES string of the molecule is CCCCCCCC(C)CC(C)COS(=O)(=O)O. The molecule has 0 rings (SSSR count). The molecule has 0 saturated carbocycles. The maximum Gasteiger partial charge on any atom is 0.397 e. The van der Waals surface area contributed by atoms with Gasteiger partial charge in [0.2, 0.25) is 0 Å². The minimum Gasteiger partial charge on any atom is -0.264 e. The van der Waals surface area contributed by atoms with Crippen molar-refractivity contribution < 1.29 is 17.2 Å². The van der Waals surface area contributed by atoms with Crippen LogP contribution in [-0.4, -0.2) is 19.6 Å². The molecule has 2 unspecified atom stereocenters. The van der Waals surface area contributed by atoms with Crippen LogP contribution in [0.2, 0.25) is 0 Å². The Morgan fingerprint density at radius 1 is 1.06 bits per heavy atom. The molecule has 0 aromatic rings. The standard InChI is InChI=1S/C13H28O4S/c1-4-5-6-7-8-9-12(2)10-13(3)11-17-18(14,15)16/h12-13H,4-11H2,1-3H3,(H,14,15,16). The molecule has 0 heterocycles. The van der Waals surface area contributed by atoms with Gasteiger partial charge in [0.15, 0.2) is 0 Å². The zero-order chi connectivity index (χ0) is 14.0. The van der Waals surface area contributed by atoms with Gasteiger partial charge in [-0.15, -0.1) is 0 Å². The zero-order valence-electron chi connectivity index (χ0n) is 11.9. The Morgan fingerprint density at radius 3 is 2.22 bits per heavy atom. The molecular formula is C13H28O4S. The van der Waals surface area contributed by atoms with Crippen molar-refractivity contribution in [2.45, 2.75) is 65.7 Å². The van der Waals surface area contributed by atoms with Gasteiger partial charge in [0.05, 0.1) is 6.61 Å². The fraction of sp³-hybridized carbons (Fsp3) is 1.00. The summed E-state index contributed by atoms with van der Waals surface area (Å²) in [5, 5.41) is 0. The second-order valence-electron chi connectivity index (χ2n) is 5.36. The molecule has 0 saturated heterocycles. The molecule has 18 heavy (non-hydrogen) atoms. The van der Waals surface area contributed by atoms with E-state index in [1.165, 1.54) is 38.5 Å². The Bertz CT molecular complexity index is 287. The van der Waals surface area contributed by atoms with Crippen LogP contribution in [0.3, 0.4) is 0 Å². The lowest BCUT2D eigenvalue weighted by Gasteiger charge is -2.16. The molecule has 0 aliphatic carbocycles. The highest BCUT2D eigenvalue weighted by atomic mass is 32.3. The van der Waals surface area contributed by atoms with Gasteiger partial charge in [0.1, 0.15) is 0 Å². The van der Waals surface area contributed by atoms with Crippen LogP contribution in [0.25, 0.3) is 0 Å². The van der Waals surface area contributed by atoms with Crippen LogP contribution in [0, 0.1) is 11.8 Å². The minimum absolute atomic E-state index is 0.0685. The Morgan fingerprint density at radius 2 is 1.67 bits per heavy atom. The van der Waals surface area contributed by atoms with E-state index in [0.29, 0.717) is 5.92 Å². The Balaban J connectivity index is 3.58. The molecule has 0 fully saturated rings. The lowest BCUT2D eigenvalue weighted by Crippen LogP contribution is -2.14. The van der Waals surface area contributed by atoms with Crippen molar-refractivity contribution in [2.75, 3.05) is 6.61 Å². The molecule has 0 radical (unpaired) electrons. The van der Waals surface area contributed by atoms with Gasteiger partial charge in [-0.2, -0.15) is 8.42 Å². The van der Waals surface area contributed by atoms with Crippen LogP contribution in [-0.2, 0) is 14.6 Å². The summed E-state index contributed by atoms with van der Waals surface area (Å²) in [6.45, 7) is 6.40. The molecule has 5 heteroatoms. The van der Waals surface area contributed by atoms with Crippen molar-refractivity contribution in [3.63, 3.8) is 0 Å². The average molecular weight is 280 g/mol. The largest absolute Gasteiger partial charge is 0.397 e. The Labute approximate surface area is 112 Å². The summed E-state index contributed by atoms with van der Waals surface area (Å²) in [7, 11) is -4.28. The highest BCUT2D eigenvalue weighted by Crippen LogP contribution is 2.19. The first kappa shape index (κ1) is 17.9. The topological polar surface area (TPSA) is 63.6 Å². The van der Waals surface area contributed by atoms with Crippen molar-refractivity contribution in [3.05, 3.63) is 0 Å². The van der Waals surface area contributed by atoms with Crippen molar-refractivity contribution in [1.29, 1.82) is 0 Å². The quantitative estimate of drug-likeness (QED) is 0.461. The van der Waals surface area contributed by atoms with Crippen LogP contribution in [0.15, 0.2) is 0 Å². The molecule has 0 amide bonds. The van der Waals surface area contributed by atoms with E-state index in [-0.39, 0.29) is 12.5 Å². The molecule has 1 N–H and O–H groups in total. The zero-order valence-corrected chi connectivity index (χ0v) is 12.7. The fourth-order valence-electron chi connectivity index (χ4n) is 2.17. The molecule has 0 bridgehead atoms. The highest BCUT2D eigenvalue weighted by Gasteiger charge is 2.12. The lowest BCUT2D eigenvalue weighted by atomic mass is 9.93. The number of hydrogen-bond acceptors (Lipinski definition) is 3. The van der Waals surface area contributed by atoms with Crippen LogP contribution in [0.5, 0.6) is 0 Å². The van der Waals surface area contributed by atoms with Gasteiger partial charge >= 0.3 is 10.4 Å². The molecule has 0 aromatic heterocycles. The second-order valence-corrected chi connectivity index (χ2v) is 6.45. The summed E-state index contributed by atoms with van der Waals surface area (Å²) >= 11 is 0. The van der Waals surface area contributed by atoms with Crippen molar-refractivity contribution in [3.8, 4) is 0 Å². The maximum absolute atomic E-state index is 10.4. The van der Waals surface area contributed by atoms with Gasteiger partial charge < -0.3 is 0 Å². The van der Waals surface area contributed by atoms with E-state index in [2.05, 4.69) is 18.0 Å². The molecule has 0 spiro atoms. The monoisotopic (exact) mass is 280 g/mol. The van der Waals surface area contributed by atoms with Gasteiger partial charge in [-0.1, -0.05) is 59.3 Å². The van der Waals surface area contributed by atoms with Gasteiger partial charge in [0.25, 0.3) is 0 Å². The summed E-state index contributed by atoms with van der Waals surface area (Å²) in [6, 6.07) is 0. The minimum atomic E-state index is -4.28. The fourth-order valence-corrected chi connectivity index (χ4v) is 2.58. The van der Waals surface area contributed by atoms with Gasteiger partial charge in [-0.25, -0.2) is 4.18 Å². The third-order valence-electron chi connectivity index (χ3n) is 3.11. The second kappa shape index (κ2) is 9.75. The third-order valence-corrected chi connectivity index (χ3v) is 3.54. The first-order chi connectivity index (χ1) is 8.35. The normalized spacial score (nSPS) is 15.6. The van der Waals surface area contributed by atoms with Crippen molar-refractivity contribution in [1.82, 2.24) is 0 Å². The summed E-state index contributed by atoms with van der Waals surface area (Å²) in [5.41, 5.74) is 0. The molecule has 4 nitrogen and oxygen atoms in total. The van der Waals surface area contributed by atoms with E-state index in [9.17, 15) is 8.42 Å². The molecular weight excluding hydrogens is 252 g/mol. The number of rotatable bonds is 11. The van der Waals surface area contributed by atoms with E-state index in [4.69, 9.17) is 4.55 Å². The maximum atomic E-state index is 10.4. The predicted octanol–water partition coefficient (Wildman–Crippen LogP) is 3.83. The van der Waals surface area contributed by atoms with E-state index in [1.807, 2.05) is 6.92 Å². The summed E-state index contributed by atoms with van der Waals surface area (Å²) in [4.78, 5) is 0. The number of unbranched alkanes of at least 4 members (excludes halogenated alkanes) is 4. The summed E-state index contributed by atoms with van der Waals surface area (Å²) < 4.78 is 33.7. The molecule has 0 aliphatic rings. The predicted molar refractivity (Wildman–Crippen MR) is 73.8 cm³/mol. The van der Waals surface area contributed by atoms with Gasteiger partial charge in [0, 0.05) is 0 Å². The van der Waals surface area contributed by atoms with Crippen molar-refractivity contribution >= 4 is 10.4 Å². The first-order valence-corrected chi connectivity index (χ1v) is 8.33. The molecule has 0 aromatic carbocycles. The number of hydrogen-bond donors (Lipinski definition) is 1. The van der Waals surface area contributed by atoms with Crippen LogP contribution >= 0.6 is 0 Å². The van der Waals surface area contributed by atoms with Crippen LogP contribution in [0.4, 0.5) is 0 Å². The summed E-state index contributed by atoms with van der Waals surface area (Å²) in [6.07, 6.45) is 8.53. The molecule has 110 valence electrons. The Kier molecular flexibility index (Phi) is 9.68. The first-order valence-electron chi connectivity index (χ1n) is 6.97. The van der Waals surface area contributed by atoms with Crippen LogP contribution in [0.1, 0.15) is 65.7 Å². The van der Waals surface area contributed by atoms with E-state index >= 15 is 0 Å². The van der Waals surface area contributed by atoms with Crippen LogP contribution < -0.4 is 0 Å². The molecule has 0 aliphatic heterocycles. The van der Waals surface area contributed by atoms with E-state index < -0.39 is 10.4 Å². The van der Waals surface area contributed by atoms with Crippen molar-refractivity contribution in [2.24, 2.45) is 11.8 Å². The molecule has 2 atom stereocenters. The van der Waals surface area contributed by atoms with E-state index in [0.717, 1.165) is 6.42 Å². The van der Waals surface area contributed by atoms with E-state index in [1.54, 1.807) is 0 Å². The highest BCUT2D eigenvalue weighted by molar-refractivity contribution is 7.80.